The Bertz CT molecular complexity index is 1280. The van der Waals surface area contributed by atoms with Crippen LogP contribution in [0.4, 0.5) is 23.0 Å². The van der Waals surface area contributed by atoms with Gasteiger partial charge in [-0.3, -0.25) is 9.89 Å². The Morgan fingerprint density at radius 2 is 1.83 bits per heavy atom. The van der Waals surface area contributed by atoms with Gasteiger partial charge in [0.05, 0.1) is 16.7 Å². The fourth-order valence-electron chi connectivity index (χ4n) is 3.02. The summed E-state index contributed by atoms with van der Waals surface area (Å²) in [5.41, 5.74) is 17.0. The van der Waals surface area contributed by atoms with E-state index in [-0.39, 0.29) is 22.9 Å². The largest absolute Gasteiger partial charge is 0.382 e. The van der Waals surface area contributed by atoms with E-state index in [0.717, 1.165) is 27.7 Å². The van der Waals surface area contributed by atoms with Crippen molar-refractivity contribution in [1.29, 1.82) is 0 Å². The molecule has 0 saturated heterocycles. The average molecular weight is 388 g/mol. The van der Waals surface area contributed by atoms with E-state index in [0.29, 0.717) is 17.8 Å². The van der Waals surface area contributed by atoms with Gasteiger partial charge in [-0.15, -0.1) is 10.2 Å². The summed E-state index contributed by atoms with van der Waals surface area (Å²) in [6.45, 7) is 4.02. The van der Waals surface area contributed by atoms with Crippen molar-refractivity contribution in [2.24, 2.45) is 10.2 Å². The molecule has 0 radical (unpaired) electrons. The molecule has 0 atom stereocenters. The molecule has 9 heteroatoms. The molecule has 2 aromatic heterocycles. The van der Waals surface area contributed by atoms with Crippen molar-refractivity contribution in [3.8, 4) is 0 Å². The number of H-pyrrole nitrogens is 2. The number of anilines is 2. The minimum atomic E-state index is -0.226. The number of hydrogen-bond donors (Lipinski definition) is 4. The van der Waals surface area contributed by atoms with Crippen molar-refractivity contribution in [2.75, 3.05) is 11.5 Å². The van der Waals surface area contributed by atoms with E-state index in [2.05, 4.69) is 30.4 Å². The molecule has 4 rings (SSSR count). The molecule has 146 valence electrons. The first kappa shape index (κ1) is 18.4. The van der Waals surface area contributed by atoms with Crippen LogP contribution in [0.15, 0.2) is 51.4 Å². The Morgan fingerprint density at radius 3 is 2.59 bits per heavy atom. The summed E-state index contributed by atoms with van der Waals surface area (Å²) in [5, 5.41) is 14.7. The second-order valence-electron chi connectivity index (χ2n) is 6.84. The first-order chi connectivity index (χ1) is 13.9. The van der Waals surface area contributed by atoms with Crippen molar-refractivity contribution < 1.29 is 0 Å². The van der Waals surface area contributed by atoms with E-state index in [1.165, 1.54) is 0 Å². The van der Waals surface area contributed by atoms with E-state index in [4.69, 9.17) is 11.5 Å². The van der Waals surface area contributed by atoms with E-state index in [1.807, 2.05) is 44.2 Å². The summed E-state index contributed by atoms with van der Waals surface area (Å²) in [4.78, 5) is 20.1. The molecule has 0 fully saturated rings. The number of fused-ring (bicyclic) bond motifs is 1. The summed E-state index contributed by atoms with van der Waals surface area (Å²) < 4.78 is 0. The SMILES string of the molecule is Cc1cc2nc(Cc3ccccc3N=Nc3c(N)n[nH]c3N)c(=O)[nH]c2cc1C. The van der Waals surface area contributed by atoms with Crippen molar-refractivity contribution in [3.63, 3.8) is 0 Å². The molecule has 0 bridgehead atoms. The topological polar surface area (TPSA) is 151 Å². The normalized spacial score (nSPS) is 11.5. The Hall–Kier alpha value is -4.01. The predicted octanol–water partition coefficient (Wildman–Crippen LogP) is 3.43. The number of aromatic amines is 2. The second kappa shape index (κ2) is 7.19. The van der Waals surface area contributed by atoms with E-state index >= 15 is 0 Å². The maximum absolute atomic E-state index is 12.6. The maximum atomic E-state index is 12.6. The van der Waals surface area contributed by atoms with Gasteiger partial charge in [-0.25, -0.2) is 4.98 Å². The van der Waals surface area contributed by atoms with E-state index in [1.54, 1.807) is 6.07 Å². The van der Waals surface area contributed by atoms with Gasteiger partial charge in [-0.05, 0) is 48.7 Å². The Kier molecular flexibility index (Phi) is 4.55. The van der Waals surface area contributed by atoms with Gasteiger partial charge in [0.25, 0.3) is 5.56 Å². The number of hydrogen-bond acceptors (Lipinski definition) is 7. The number of aryl methyl sites for hydroxylation is 2. The zero-order valence-corrected chi connectivity index (χ0v) is 16.0. The number of nitrogens with two attached hydrogens (primary N) is 2. The first-order valence-corrected chi connectivity index (χ1v) is 9.01. The summed E-state index contributed by atoms with van der Waals surface area (Å²) >= 11 is 0. The second-order valence-corrected chi connectivity index (χ2v) is 6.84. The highest BCUT2D eigenvalue weighted by molar-refractivity contribution is 5.76. The molecule has 2 heterocycles. The van der Waals surface area contributed by atoms with E-state index in [9.17, 15) is 4.79 Å². The molecule has 0 aliphatic heterocycles. The molecule has 2 aromatic carbocycles. The van der Waals surface area contributed by atoms with Crippen molar-refractivity contribution in [2.45, 2.75) is 20.3 Å². The van der Waals surface area contributed by atoms with Crippen LogP contribution in [0.2, 0.25) is 0 Å². The number of aromatic nitrogens is 4. The van der Waals surface area contributed by atoms with Gasteiger partial charge in [-0.1, -0.05) is 18.2 Å². The van der Waals surface area contributed by atoms with Gasteiger partial charge in [0.1, 0.15) is 11.5 Å². The molecule has 0 unspecified atom stereocenters. The Morgan fingerprint density at radius 1 is 1.07 bits per heavy atom. The number of nitrogen functional groups attached to an aromatic ring is 2. The zero-order chi connectivity index (χ0) is 20.5. The number of azo groups is 1. The molecule has 29 heavy (non-hydrogen) atoms. The van der Waals surface area contributed by atoms with Crippen LogP contribution in [0.25, 0.3) is 11.0 Å². The lowest BCUT2D eigenvalue weighted by atomic mass is 10.1. The molecule has 0 aliphatic rings. The maximum Gasteiger partial charge on any atom is 0.270 e. The van der Waals surface area contributed by atoms with Crippen LogP contribution in [0.5, 0.6) is 0 Å². The molecular weight excluding hydrogens is 368 g/mol. The van der Waals surface area contributed by atoms with Gasteiger partial charge >= 0.3 is 0 Å². The van der Waals surface area contributed by atoms with Crippen LogP contribution in [0.1, 0.15) is 22.4 Å². The molecule has 0 amide bonds. The van der Waals surface area contributed by atoms with Crippen molar-refractivity contribution >= 4 is 34.0 Å². The fourth-order valence-corrected chi connectivity index (χ4v) is 3.02. The monoisotopic (exact) mass is 388 g/mol. The highest BCUT2D eigenvalue weighted by Crippen LogP contribution is 2.29. The standard InChI is InChI=1S/C20H20N8O/c1-10-7-14-15(8-11(10)2)24-20(29)16(23-14)9-12-5-3-4-6-13(12)25-26-17-18(21)27-28-19(17)22/h3-8H,9H2,1-2H3,(H,24,29)(H5,21,22,27,28). The number of nitrogens with one attached hydrogen (secondary N) is 2. The Balaban J connectivity index is 1.71. The lowest BCUT2D eigenvalue weighted by Gasteiger charge is -2.07. The number of benzene rings is 2. The van der Waals surface area contributed by atoms with Gasteiger partial charge in [0, 0.05) is 6.42 Å². The fraction of sp³-hybridized carbons (Fsp3) is 0.150. The van der Waals surface area contributed by atoms with Gasteiger partial charge < -0.3 is 16.5 Å². The minimum Gasteiger partial charge on any atom is -0.382 e. The smallest absolute Gasteiger partial charge is 0.270 e. The van der Waals surface area contributed by atoms with Crippen LogP contribution in [0.3, 0.4) is 0 Å². The molecule has 0 spiro atoms. The molecule has 9 nitrogen and oxygen atoms in total. The third-order valence-corrected chi connectivity index (χ3v) is 4.78. The van der Waals surface area contributed by atoms with Crippen molar-refractivity contribution in [3.05, 3.63) is 69.1 Å². The summed E-state index contributed by atoms with van der Waals surface area (Å²) in [6, 6.07) is 11.3. The molecule has 0 saturated carbocycles. The third kappa shape index (κ3) is 3.57. The summed E-state index contributed by atoms with van der Waals surface area (Å²) in [7, 11) is 0. The third-order valence-electron chi connectivity index (χ3n) is 4.78. The summed E-state index contributed by atoms with van der Waals surface area (Å²) in [6.07, 6.45) is 0.309. The van der Waals surface area contributed by atoms with Crippen molar-refractivity contribution in [1.82, 2.24) is 20.2 Å². The van der Waals surface area contributed by atoms with Crippen LogP contribution >= 0.6 is 0 Å². The van der Waals surface area contributed by atoms with Crippen LogP contribution < -0.4 is 17.0 Å². The average Bonchev–Trinajstić information content (AvgIpc) is 3.01. The quantitative estimate of drug-likeness (QED) is 0.395. The van der Waals surface area contributed by atoms with Crippen LogP contribution in [-0.2, 0) is 6.42 Å². The Labute approximate surface area is 165 Å². The van der Waals surface area contributed by atoms with E-state index < -0.39 is 0 Å². The van der Waals surface area contributed by atoms with Crippen LogP contribution in [-0.4, -0.2) is 20.2 Å². The number of rotatable bonds is 4. The lowest BCUT2D eigenvalue weighted by molar-refractivity contribution is 1.02. The molecule has 4 aromatic rings. The van der Waals surface area contributed by atoms with Crippen LogP contribution in [0, 0.1) is 13.8 Å². The molecular formula is C20H20N8O. The van der Waals surface area contributed by atoms with Gasteiger partial charge in [-0.2, -0.15) is 5.10 Å². The molecule has 0 aliphatic carbocycles. The van der Waals surface area contributed by atoms with Gasteiger partial charge in [0.2, 0.25) is 0 Å². The lowest BCUT2D eigenvalue weighted by Crippen LogP contribution is -2.15. The highest BCUT2D eigenvalue weighted by Gasteiger charge is 2.11. The minimum absolute atomic E-state index is 0.169. The highest BCUT2D eigenvalue weighted by atomic mass is 16.1. The zero-order valence-electron chi connectivity index (χ0n) is 16.0. The molecule has 6 N–H and O–H groups in total. The predicted molar refractivity (Wildman–Crippen MR) is 113 cm³/mol. The number of nitrogens with zero attached hydrogens (tertiary/aromatic N) is 4. The first-order valence-electron chi connectivity index (χ1n) is 9.01. The summed E-state index contributed by atoms with van der Waals surface area (Å²) in [5.74, 6) is 0.407. The van der Waals surface area contributed by atoms with Gasteiger partial charge in [0.15, 0.2) is 11.5 Å².